The lowest BCUT2D eigenvalue weighted by Crippen LogP contribution is -2.50. The zero-order chi connectivity index (χ0) is 27.0. The van der Waals surface area contributed by atoms with Gasteiger partial charge in [0.15, 0.2) is 0 Å². The summed E-state index contributed by atoms with van der Waals surface area (Å²) >= 11 is 7.29. The van der Waals surface area contributed by atoms with Crippen molar-refractivity contribution in [1.82, 2.24) is 9.88 Å². The number of fused-ring (bicyclic) bond motifs is 1. The molecule has 1 aliphatic heterocycles. The number of hydrogen-bond acceptors (Lipinski definition) is 9. The third-order valence-corrected chi connectivity index (χ3v) is 8.85. The van der Waals surface area contributed by atoms with Gasteiger partial charge in [-0.2, -0.15) is 0 Å². The predicted molar refractivity (Wildman–Crippen MR) is 145 cm³/mol. The standard InChI is InChI=1S/C24H29ClN4O6S2/c1-24(2,3)35-23(30)29-10-8-28(9-11-29)22-15-12-21(36-20(15)6-7-26-22)37(31,32)27-17-14-18(33-4)16(25)13-19(17)34-5/h6-7,12-14,27H,8-11H2,1-5H3. The van der Waals surface area contributed by atoms with Gasteiger partial charge in [-0.1, -0.05) is 11.6 Å². The fourth-order valence-electron chi connectivity index (χ4n) is 3.87. The summed E-state index contributed by atoms with van der Waals surface area (Å²) in [4.78, 5) is 20.7. The van der Waals surface area contributed by atoms with Crippen LogP contribution in [0, 0.1) is 0 Å². The molecule has 0 atom stereocenters. The van der Waals surface area contributed by atoms with Crippen LogP contribution in [0.2, 0.25) is 5.02 Å². The number of methoxy groups -OCH3 is 2. The molecule has 3 heterocycles. The molecule has 0 spiro atoms. The van der Waals surface area contributed by atoms with Gasteiger partial charge in [0, 0.05) is 54.6 Å². The Morgan fingerprint density at radius 2 is 1.76 bits per heavy atom. The van der Waals surface area contributed by atoms with Gasteiger partial charge >= 0.3 is 6.09 Å². The van der Waals surface area contributed by atoms with Crippen molar-refractivity contribution in [3.05, 3.63) is 35.5 Å². The number of rotatable bonds is 6. The first kappa shape index (κ1) is 27.1. The van der Waals surface area contributed by atoms with Gasteiger partial charge in [-0.25, -0.2) is 18.2 Å². The van der Waals surface area contributed by atoms with E-state index in [0.29, 0.717) is 42.8 Å². The van der Waals surface area contributed by atoms with E-state index in [1.807, 2.05) is 25.7 Å². The second-order valence-corrected chi connectivity index (χ2v) is 12.8. The van der Waals surface area contributed by atoms with Gasteiger partial charge in [0.25, 0.3) is 10.0 Å². The molecule has 0 aliphatic carbocycles. The van der Waals surface area contributed by atoms with Gasteiger partial charge in [-0.05, 0) is 32.9 Å². The largest absolute Gasteiger partial charge is 0.495 e. The minimum atomic E-state index is -3.96. The predicted octanol–water partition coefficient (Wildman–Crippen LogP) is 4.82. The van der Waals surface area contributed by atoms with Crippen LogP contribution in [-0.4, -0.2) is 70.4 Å². The number of nitrogens with zero attached hydrogens (tertiary/aromatic N) is 3. The molecule has 13 heteroatoms. The van der Waals surface area contributed by atoms with Gasteiger partial charge in [-0.15, -0.1) is 11.3 Å². The molecule has 3 aromatic rings. The zero-order valence-corrected chi connectivity index (χ0v) is 23.6. The molecule has 1 saturated heterocycles. The summed E-state index contributed by atoms with van der Waals surface area (Å²) in [5.74, 6) is 1.25. The highest BCUT2D eigenvalue weighted by Gasteiger charge is 2.28. The molecule has 4 rings (SSSR count). The Labute approximate surface area is 225 Å². The van der Waals surface area contributed by atoms with Crippen LogP contribution < -0.4 is 19.1 Å². The maximum Gasteiger partial charge on any atom is 0.410 e. The Balaban J connectivity index is 1.57. The van der Waals surface area contributed by atoms with Gasteiger partial charge < -0.3 is 24.0 Å². The first-order chi connectivity index (χ1) is 17.4. The van der Waals surface area contributed by atoms with Crippen LogP contribution in [0.15, 0.2) is 34.7 Å². The van der Waals surface area contributed by atoms with Crippen molar-refractivity contribution in [2.24, 2.45) is 0 Å². The van der Waals surface area contributed by atoms with Crippen molar-refractivity contribution in [1.29, 1.82) is 0 Å². The molecule has 0 unspecified atom stereocenters. The van der Waals surface area contributed by atoms with Crippen LogP contribution in [0.1, 0.15) is 20.8 Å². The van der Waals surface area contributed by atoms with Crippen molar-refractivity contribution < 1.29 is 27.4 Å². The first-order valence-corrected chi connectivity index (χ1v) is 14.2. The number of pyridine rings is 1. The number of thiophene rings is 1. The molecule has 1 amide bonds. The lowest BCUT2D eigenvalue weighted by molar-refractivity contribution is 0.0240. The summed E-state index contributed by atoms with van der Waals surface area (Å²) < 4.78 is 46.1. The fourth-order valence-corrected chi connectivity index (χ4v) is 6.54. The second-order valence-electron chi connectivity index (χ2n) is 9.36. The van der Waals surface area contributed by atoms with E-state index in [1.165, 1.54) is 26.4 Å². The van der Waals surface area contributed by atoms with Crippen LogP contribution in [-0.2, 0) is 14.8 Å². The molecular formula is C24H29ClN4O6S2. The summed E-state index contributed by atoms with van der Waals surface area (Å²) in [6.45, 7) is 7.55. The highest BCUT2D eigenvalue weighted by atomic mass is 35.5. The molecule has 10 nitrogen and oxygen atoms in total. The van der Waals surface area contributed by atoms with Crippen LogP contribution in [0.3, 0.4) is 0 Å². The van der Waals surface area contributed by atoms with E-state index in [4.69, 9.17) is 25.8 Å². The first-order valence-electron chi connectivity index (χ1n) is 11.5. The Hall–Kier alpha value is -2.96. The number of sulfonamides is 1. The topological polar surface area (TPSA) is 110 Å². The molecule has 0 radical (unpaired) electrons. The van der Waals surface area contributed by atoms with Gasteiger partial charge in [-0.3, -0.25) is 4.72 Å². The number of aromatic nitrogens is 1. The van der Waals surface area contributed by atoms with Crippen molar-refractivity contribution in [3.63, 3.8) is 0 Å². The van der Waals surface area contributed by atoms with Crippen LogP contribution in [0.5, 0.6) is 11.5 Å². The molecular weight excluding hydrogens is 540 g/mol. The summed E-state index contributed by atoms with van der Waals surface area (Å²) in [6, 6.07) is 6.36. The summed E-state index contributed by atoms with van der Waals surface area (Å²) in [7, 11) is -1.09. The molecule has 2 aromatic heterocycles. The zero-order valence-electron chi connectivity index (χ0n) is 21.2. The van der Waals surface area contributed by atoms with E-state index in [-0.39, 0.29) is 21.7 Å². The van der Waals surface area contributed by atoms with Crippen LogP contribution in [0.25, 0.3) is 10.1 Å². The van der Waals surface area contributed by atoms with Crippen molar-refractivity contribution in [2.45, 2.75) is 30.6 Å². The number of benzene rings is 1. The number of ether oxygens (including phenoxy) is 3. The van der Waals surface area contributed by atoms with E-state index >= 15 is 0 Å². The van der Waals surface area contributed by atoms with E-state index in [9.17, 15) is 13.2 Å². The number of carbonyl (C=O) groups excluding carboxylic acids is 1. The van der Waals surface area contributed by atoms with Gasteiger partial charge in [0.1, 0.15) is 27.1 Å². The monoisotopic (exact) mass is 568 g/mol. The van der Waals surface area contributed by atoms with E-state index in [0.717, 1.165) is 21.4 Å². The quantitative estimate of drug-likeness (QED) is 0.450. The highest BCUT2D eigenvalue weighted by molar-refractivity contribution is 7.94. The summed E-state index contributed by atoms with van der Waals surface area (Å²) in [5, 5.41) is 1.02. The Morgan fingerprint density at radius 1 is 1.08 bits per heavy atom. The highest BCUT2D eigenvalue weighted by Crippen LogP contribution is 2.39. The lowest BCUT2D eigenvalue weighted by atomic mass is 10.2. The van der Waals surface area contributed by atoms with Crippen LogP contribution >= 0.6 is 22.9 Å². The van der Waals surface area contributed by atoms with Crippen LogP contribution in [0.4, 0.5) is 16.3 Å². The normalized spacial score (nSPS) is 14.5. The van der Waals surface area contributed by atoms with E-state index < -0.39 is 15.6 Å². The SMILES string of the molecule is COc1cc(NS(=O)(=O)c2cc3c(N4CCN(C(=O)OC(C)(C)C)CC4)nccc3s2)c(OC)cc1Cl. The number of amides is 1. The average Bonchev–Trinajstić information content (AvgIpc) is 3.29. The molecule has 1 N–H and O–H groups in total. The minimum absolute atomic E-state index is 0.125. The minimum Gasteiger partial charge on any atom is -0.495 e. The molecule has 0 saturated carbocycles. The number of anilines is 2. The van der Waals surface area contributed by atoms with Crippen molar-refractivity contribution in [3.8, 4) is 11.5 Å². The summed E-state index contributed by atoms with van der Waals surface area (Å²) in [6.07, 6.45) is 1.31. The Bertz CT molecular complexity index is 1410. The Kier molecular flexibility index (Phi) is 7.63. The molecule has 1 aliphatic rings. The fraction of sp³-hybridized carbons (Fsp3) is 0.417. The maximum atomic E-state index is 13.3. The smallest absolute Gasteiger partial charge is 0.410 e. The molecule has 1 aromatic carbocycles. The molecule has 37 heavy (non-hydrogen) atoms. The van der Waals surface area contributed by atoms with Crippen molar-refractivity contribution >= 4 is 60.6 Å². The number of hydrogen-bond donors (Lipinski definition) is 1. The lowest BCUT2D eigenvalue weighted by Gasteiger charge is -2.36. The summed E-state index contributed by atoms with van der Waals surface area (Å²) in [5.41, 5.74) is -0.354. The van der Waals surface area contributed by atoms with E-state index in [2.05, 4.69) is 9.71 Å². The number of nitrogens with one attached hydrogen (secondary N) is 1. The van der Waals surface area contributed by atoms with E-state index in [1.54, 1.807) is 23.2 Å². The van der Waals surface area contributed by atoms with Crippen molar-refractivity contribution in [2.75, 3.05) is 50.0 Å². The third-order valence-electron chi connectivity index (χ3n) is 5.62. The Morgan fingerprint density at radius 3 is 2.38 bits per heavy atom. The van der Waals surface area contributed by atoms with Gasteiger partial charge in [0.05, 0.1) is 24.9 Å². The molecule has 1 fully saturated rings. The number of carbonyl (C=O) groups is 1. The molecule has 0 bridgehead atoms. The third kappa shape index (κ3) is 5.97. The number of piperazine rings is 1. The maximum absolute atomic E-state index is 13.3. The second kappa shape index (κ2) is 10.4. The van der Waals surface area contributed by atoms with Gasteiger partial charge in [0.2, 0.25) is 0 Å². The molecule has 200 valence electrons. The number of halogens is 1. The average molecular weight is 569 g/mol.